The van der Waals surface area contributed by atoms with Gasteiger partial charge in [0.05, 0.1) is 24.2 Å². The summed E-state index contributed by atoms with van der Waals surface area (Å²) in [6.45, 7) is 7.78. The predicted octanol–water partition coefficient (Wildman–Crippen LogP) is 12.3. The number of unbranched alkanes of at least 4 members (excludes halogenated alkanes) is 15. The van der Waals surface area contributed by atoms with Gasteiger partial charge >= 0.3 is 0 Å². The highest BCUT2D eigenvalue weighted by Crippen LogP contribution is 2.32. The van der Waals surface area contributed by atoms with E-state index in [1.807, 2.05) is 6.26 Å². The third-order valence-electron chi connectivity index (χ3n) is 10.2. The number of furan rings is 1. The highest BCUT2D eigenvalue weighted by atomic mass is 16.3. The lowest BCUT2D eigenvalue weighted by Crippen LogP contribution is -2.39. The van der Waals surface area contributed by atoms with Crippen molar-refractivity contribution in [2.45, 2.75) is 174 Å². The van der Waals surface area contributed by atoms with Crippen molar-refractivity contribution >= 4 is 6.08 Å². The number of nitrogens with one attached hydrogen (secondary N) is 1. The molecule has 0 fully saturated rings. The molecule has 1 N–H and O–H groups in total. The van der Waals surface area contributed by atoms with E-state index in [1.54, 1.807) is 0 Å². The summed E-state index contributed by atoms with van der Waals surface area (Å²) in [5.41, 5.74) is 9.19. The molecule has 5 heteroatoms. The Morgan fingerprint density at radius 2 is 1.31 bits per heavy atom. The van der Waals surface area contributed by atoms with Crippen LogP contribution in [0.3, 0.4) is 0 Å². The minimum atomic E-state index is 0.187. The number of hydrazine groups is 1. The fraction of sp³-hybridized carbons (Fsp3) is 0.651. The normalized spacial score (nSPS) is 14.0. The van der Waals surface area contributed by atoms with E-state index in [0.717, 1.165) is 38.6 Å². The first-order chi connectivity index (χ1) is 23.7. The Labute approximate surface area is 293 Å². The highest BCUT2D eigenvalue weighted by molar-refractivity contribution is 5.62. The first kappa shape index (κ1) is 38.0. The highest BCUT2D eigenvalue weighted by Gasteiger charge is 2.25. The summed E-state index contributed by atoms with van der Waals surface area (Å²) in [6.07, 6.45) is 37.9. The van der Waals surface area contributed by atoms with Crippen LogP contribution in [0.1, 0.15) is 183 Å². The van der Waals surface area contributed by atoms with E-state index < -0.39 is 0 Å². The molecular formula is C43H68N4O. The summed E-state index contributed by atoms with van der Waals surface area (Å²) < 4.78 is 8.31. The van der Waals surface area contributed by atoms with Gasteiger partial charge in [0.2, 0.25) is 0 Å². The lowest BCUT2D eigenvalue weighted by molar-refractivity contribution is 0.241. The number of hydrogen-bond acceptors (Lipinski definition) is 4. The Morgan fingerprint density at radius 3 is 2.04 bits per heavy atom. The summed E-state index contributed by atoms with van der Waals surface area (Å²) >= 11 is 0. The van der Waals surface area contributed by atoms with Crippen molar-refractivity contribution in [3.05, 3.63) is 82.8 Å². The van der Waals surface area contributed by atoms with Gasteiger partial charge in [0.1, 0.15) is 11.6 Å². The molecule has 0 amide bonds. The lowest BCUT2D eigenvalue weighted by atomic mass is 10.0. The molecule has 0 bridgehead atoms. The Morgan fingerprint density at radius 1 is 0.688 bits per heavy atom. The van der Waals surface area contributed by atoms with Crippen LogP contribution in [0.4, 0.5) is 0 Å². The molecule has 0 spiro atoms. The molecule has 2 aromatic heterocycles. The van der Waals surface area contributed by atoms with Gasteiger partial charge in [0.25, 0.3) is 0 Å². The van der Waals surface area contributed by atoms with Crippen molar-refractivity contribution in [2.24, 2.45) is 0 Å². The Hall–Kier alpha value is -2.79. The fourth-order valence-corrected chi connectivity index (χ4v) is 7.21. The standard InChI is InChI=1S/C43H68N4O/c1-4-7-10-13-14-15-16-17-18-19-26-38-33-35-48-42(38)29-24-34-46(41-32-31-37-25-22-23-28-40(37)41)45-47-36-39(27-20-11-8-5-2)44-43(47)30-21-12-9-6-3/h22-23,25,28,31-33,35-36,41,45H,4-21,24,26-27,29-30,34H2,1-3H3. The van der Waals surface area contributed by atoms with E-state index in [4.69, 9.17) is 9.40 Å². The number of hydrogen-bond donors (Lipinski definition) is 1. The molecule has 48 heavy (non-hydrogen) atoms. The second-order valence-electron chi connectivity index (χ2n) is 14.3. The maximum atomic E-state index is 6.06. The summed E-state index contributed by atoms with van der Waals surface area (Å²) in [6, 6.07) is 11.2. The molecule has 0 saturated heterocycles. The SMILES string of the molecule is CCCCCCCCCCCCc1ccoc1CCCN(Nn1cc(CCCCCC)nc1CCCCCC)C1C=Cc2ccccc21. The van der Waals surface area contributed by atoms with Crippen molar-refractivity contribution in [2.75, 3.05) is 12.1 Å². The Kier molecular flexibility index (Phi) is 18.0. The smallest absolute Gasteiger partial charge is 0.129 e. The number of rotatable bonds is 28. The second kappa shape index (κ2) is 22.8. The molecule has 5 nitrogen and oxygen atoms in total. The van der Waals surface area contributed by atoms with Crippen LogP contribution in [0.15, 0.2) is 53.3 Å². The third kappa shape index (κ3) is 12.9. The zero-order valence-corrected chi connectivity index (χ0v) is 31.0. The second-order valence-corrected chi connectivity index (χ2v) is 14.3. The van der Waals surface area contributed by atoms with Crippen LogP contribution in [0, 0.1) is 0 Å². The first-order valence-electron chi connectivity index (χ1n) is 20.2. The van der Waals surface area contributed by atoms with Crippen LogP contribution in [0.5, 0.6) is 0 Å². The van der Waals surface area contributed by atoms with Crippen LogP contribution >= 0.6 is 0 Å². The van der Waals surface area contributed by atoms with E-state index in [2.05, 4.69) is 84.7 Å². The molecule has 0 radical (unpaired) electrons. The largest absolute Gasteiger partial charge is 0.469 e. The van der Waals surface area contributed by atoms with Crippen LogP contribution in [-0.4, -0.2) is 21.2 Å². The van der Waals surface area contributed by atoms with Gasteiger partial charge in [-0.05, 0) is 61.3 Å². The molecule has 1 aliphatic carbocycles. The first-order valence-corrected chi connectivity index (χ1v) is 20.2. The Bertz CT molecular complexity index is 1290. The Balaban J connectivity index is 1.34. The van der Waals surface area contributed by atoms with Crippen molar-refractivity contribution < 1.29 is 4.42 Å². The molecule has 2 heterocycles. The van der Waals surface area contributed by atoms with E-state index in [-0.39, 0.29) is 6.04 Å². The van der Waals surface area contributed by atoms with E-state index in [9.17, 15) is 0 Å². The third-order valence-corrected chi connectivity index (χ3v) is 10.2. The molecule has 266 valence electrons. The topological polar surface area (TPSA) is 46.2 Å². The molecule has 0 aliphatic heterocycles. The van der Waals surface area contributed by atoms with Gasteiger partial charge in [-0.15, -0.1) is 0 Å². The molecule has 0 saturated carbocycles. The zero-order valence-electron chi connectivity index (χ0n) is 31.0. The van der Waals surface area contributed by atoms with Crippen molar-refractivity contribution in [1.29, 1.82) is 0 Å². The van der Waals surface area contributed by atoms with Crippen LogP contribution in [0.25, 0.3) is 6.08 Å². The molecule has 1 aliphatic rings. The van der Waals surface area contributed by atoms with Gasteiger partial charge in [-0.2, -0.15) is 5.01 Å². The van der Waals surface area contributed by atoms with Gasteiger partial charge < -0.3 is 4.42 Å². The number of benzene rings is 1. The number of imidazole rings is 1. The van der Waals surface area contributed by atoms with Gasteiger partial charge in [-0.25, -0.2) is 9.66 Å². The molecule has 4 rings (SSSR count). The predicted molar refractivity (Wildman–Crippen MR) is 205 cm³/mol. The monoisotopic (exact) mass is 657 g/mol. The van der Waals surface area contributed by atoms with Crippen LogP contribution in [0.2, 0.25) is 0 Å². The molecule has 3 aromatic rings. The maximum Gasteiger partial charge on any atom is 0.129 e. The minimum Gasteiger partial charge on any atom is -0.469 e. The molecule has 1 atom stereocenters. The number of aryl methyl sites for hydroxylation is 4. The van der Waals surface area contributed by atoms with Crippen LogP contribution in [-0.2, 0) is 25.7 Å². The van der Waals surface area contributed by atoms with E-state index in [1.165, 1.54) is 150 Å². The lowest BCUT2D eigenvalue weighted by Gasteiger charge is -2.31. The quantitative estimate of drug-likeness (QED) is 0.0624. The van der Waals surface area contributed by atoms with Crippen molar-refractivity contribution in [3.63, 3.8) is 0 Å². The summed E-state index contributed by atoms with van der Waals surface area (Å²) in [5.74, 6) is 2.35. The molecular weight excluding hydrogens is 589 g/mol. The van der Waals surface area contributed by atoms with Crippen molar-refractivity contribution in [1.82, 2.24) is 14.7 Å². The summed E-state index contributed by atoms with van der Waals surface area (Å²) in [7, 11) is 0. The maximum absolute atomic E-state index is 6.06. The van der Waals surface area contributed by atoms with Gasteiger partial charge in [-0.3, -0.25) is 5.53 Å². The average molecular weight is 657 g/mol. The van der Waals surface area contributed by atoms with Crippen LogP contribution < -0.4 is 5.53 Å². The molecule has 1 aromatic carbocycles. The zero-order chi connectivity index (χ0) is 33.7. The average Bonchev–Trinajstić information content (AvgIpc) is 3.84. The van der Waals surface area contributed by atoms with Gasteiger partial charge in [0.15, 0.2) is 0 Å². The summed E-state index contributed by atoms with van der Waals surface area (Å²) in [4.78, 5) is 5.17. The molecule has 1 unspecified atom stereocenters. The van der Waals surface area contributed by atoms with E-state index >= 15 is 0 Å². The number of fused-ring (bicyclic) bond motifs is 1. The number of nitrogens with zero attached hydrogens (tertiary/aromatic N) is 3. The minimum absolute atomic E-state index is 0.187. The number of aromatic nitrogens is 2. The fourth-order valence-electron chi connectivity index (χ4n) is 7.21. The van der Waals surface area contributed by atoms with E-state index in [0.29, 0.717) is 0 Å². The van der Waals surface area contributed by atoms with Gasteiger partial charge in [-0.1, -0.05) is 154 Å². The van der Waals surface area contributed by atoms with Crippen molar-refractivity contribution in [3.8, 4) is 0 Å². The summed E-state index contributed by atoms with van der Waals surface area (Å²) in [5, 5.41) is 2.44. The van der Waals surface area contributed by atoms with Gasteiger partial charge in [0, 0.05) is 19.4 Å².